The van der Waals surface area contributed by atoms with E-state index in [-0.39, 0.29) is 11.5 Å². The summed E-state index contributed by atoms with van der Waals surface area (Å²) in [5, 5.41) is 12.0. The fourth-order valence-electron chi connectivity index (χ4n) is 4.45. The van der Waals surface area contributed by atoms with Crippen LogP contribution in [0.15, 0.2) is 47.5 Å². The predicted molar refractivity (Wildman–Crippen MR) is 131 cm³/mol. The zero-order chi connectivity index (χ0) is 24.1. The minimum absolute atomic E-state index is 0.0783. The summed E-state index contributed by atoms with van der Waals surface area (Å²) in [6.45, 7) is 5.90. The Morgan fingerprint density at radius 3 is 2.65 bits per heavy atom. The standard InChI is InChI=1S/C26H30N6O2/c1-19-15-20(16-27)7-9-22(19)23-18-29-32(26(23)34)24-10-8-21(17-28-24)25(33)30(2)11-6-14-31-12-4-3-5-13-31/h7-10,15,17-18,29H,3-6,11-14H2,1-2H3. The lowest BCUT2D eigenvalue weighted by atomic mass is 10.0. The van der Waals surface area contributed by atoms with Gasteiger partial charge in [-0.15, -0.1) is 0 Å². The first-order valence-electron chi connectivity index (χ1n) is 11.7. The highest BCUT2D eigenvalue weighted by molar-refractivity contribution is 5.93. The maximum absolute atomic E-state index is 13.0. The molecule has 8 heteroatoms. The Bertz CT molecular complexity index is 1250. The number of piperidine rings is 1. The van der Waals surface area contributed by atoms with Crippen LogP contribution in [0.3, 0.4) is 0 Å². The number of nitriles is 1. The topological polar surface area (TPSA) is 98.0 Å². The number of aromatic amines is 1. The highest BCUT2D eigenvalue weighted by Gasteiger charge is 2.16. The van der Waals surface area contributed by atoms with Crippen LogP contribution in [0.1, 0.15) is 47.2 Å². The van der Waals surface area contributed by atoms with Crippen LogP contribution < -0.4 is 5.56 Å². The molecule has 1 aliphatic heterocycles. The van der Waals surface area contributed by atoms with Gasteiger partial charge in [0.05, 0.1) is 22.8 Å². The fraction of sp³-hybridized carbons (Fsp3) is 0.385. The highest BCUT2D eigenvalue weighted by Crippen LogP contribution is 2.21. The van der Waals surface area contributed by atoms with Crippen molar-refractivity contribution in [3.05, 3.63) is 69.8 Å². The van der Waals surface area contributed by atoms with E-state index in [1.807, 2.05) is 14.0 Å². The Labute approximate surface area is 199 Å². The summed E-state index contributed by atoms with van der Waals surface area (Å²) >= 11 is 0. The van der Waals surface area contributed by atoms with Gasteiger partial charge in [-0.2, -0.15) is 5.26 Å². The Balaban J connectivity index is 1.42. The van der Waals surface area contributed by atoms with Crippen LogP contribution in [0.4, 0.5) is 0 Å². The molecule has 1 saturated heterocycles. The molecule has 0 spiro atoms. The number of carbonyl (C=O) groups excluding carboxylic acids is 1. The number of nitrogens with zero attached hydrogens (tertiary/aromatic N) is 5. The quantitative estimate of drug-likeness (QED) is 0.585. The number of hydrogen-bond acceptors (Lipinski definition) is 5. The van der Waals surface area contributed by atoms with Crippen LogP contribution in [-0.4, -0.2) is 63.7 Å². The van der Waals surface area contributed by atoms with Crippen LogP contribution >= 0.6 is 0 Å². The van der Waals surface area contributed by atoms with E-state index in [2.05, 4.69) is 21.1 Å². The highest BCUT2D eigenvalue weighted by atomic mass is 16.2. The molecule has 0 bridgehead atoms. The molecule has 4 rings (SSSR count). The van der Waals surface area contributed by atoms with Gasteiger partial charge in [-0.25, -0.2) is 9.67 Å². The summed E-state index contributed by atoms with van der Waals surface area (Å²) in [7, 11) is 1.81. The molecule has 34 heavy (non-hydrogen) atoms. The molecule has 0 aliphatic carbocycles. The lowest BCUT2D eigenvalue weighted by Crippen LogP contribution is -2.34. The molecular weight excluding hydrogens is 428 g/mol. The van der Waals surface area contributed by atoms with E-state index in [0.717, 1.165) is 37.2 Å². The molecule has 1 amide bonds. The first-order valence-corrected chi connectivity index (χ1v) is 11.7. The second-order valence-corrected chi connectivity index (χ2v) is 8.86. The van der Waals surface area contributed by atoms with Crippen LogP contribution in [0.25, 0.3) is 16.9 Å². The monoisotopic (exact) mass is 458 g/mol. The molecule has 0 saturated carbocycles. The summed E-state index contributed by atoms with van der Waals surface area (Å²) in [4.78, 5) is 34.4. The third kappa shape index (κ3) is 5.10. The van der Waals surface area contributed by atoms with Crippen molar-refractivity contribution in [2.45, 2.75) is 32.6 Å². The number of aromatic nitrogens is 3. The average molecular weight is 459 g/mol. The number of benzene rings is 1. The number of pyridine rings is 1. The number of aryl methyl sites for hydroxylation is 1. The van der Waals surface area contributed by atoms with Crippen molar-refractivity contribution >= 4 is 5.91 Å². The van der Waals surface area contributed by atoms with Crippen molar-refractivity contribution in [2.75, 3.05) is 33.2 Å². The van der Waals surface area contributed by atoms with Gasteiger partial charge in [0.25, 0.3) is 11.5 Å². The maximum atomic E-state index is 13.0. The van der Waals surface area contributed by atoms with Crippen molar-refractivity contribution in [3.63, 3.8) is 0 Å². The number of likely N-dealkylation sites (tertiary alicyclic amines) is 1. The van der Waals surface area contributed by atoms with E-state index in [1.165, 1.54) is 30.1 Å². The largest absolute Gasteiger partial charge is 0.342 e. The van der Waals surface area contributed by atoms with Crippen LogP contribution in [0.5, 0.6) is 0 Å². The molecule has 0 radical (unpaired) electrons. The van der Waals surface area contributed by atoms with E-state index in [0.29, 0.717) is 29.1 Å². The summed E-state index contributed by atoms with van der Waals surface area (Å²) < 4.78 is 1.35. The first kappa shape index (κ1) is 23.5. The van der Waals surface area contributed by atoms with Gasteiger partial charge in [0.15, 0.2) is 5.82 Å². The molecule has 0 atom stereocenters. The van der Waals surface area contributed by atoms with Crippen LogP contribution in [-0.2, 0) is 0 Å². The van der Waals surface area contributed by atoms with Gasteiger partial charge >= 0.3 is 0 Å². The maximum Gasteiger partial charge on any atom is 0.280 e. The van der Waals surface area contributed by atoms with Crippen molar-refractivity contribution in [2.24, 2.45) is 0 Å². The third-order valence-corrected chi connectivity index (χ3v) is 6.40. The molecule has 1 fully saturated rings. The van der Waals surface area contributed by atoms with Gasteiger partial charge in [0, 0.05) is 26.0 Å². The fourth-order valence-corrected chi connectivity index (χ4v) is 4.45. The van der Waals surface area contributed by atoms with Crippen molar-refractivity contribution < 1.29 is 4.79 Å². The van der Waals surface area contributed by atoms with E-state index >= 15 is 0 Å². The SMILES string of the molecule is Cc1cc(C#N)ccc1-c1c[nH]n(-c2ccc(C(=O)N(C)CCCN3CCCCC3)cn2)c1=O. The van der Waals surface area contributed by atoms with Gasteiger partial charge in [-0.3, -0.25) is 14.7 Å². The van der Waals surface area contributed by atoms with E-state index in [9.17, 15) is 9.59 Å². The lowest BCUT2D eigenvalue weighted by Gasteiger charge is -2.27. The van der Waals surface area contributed by atoms with Crippen molar-refractivity contribution in [1.82, 2.24) is 24.6 Å². The number of amides is 1. The van der Waals surface area contributed by atoms with Gasteiger partial charge < -0.3 is 9.80 Å². The molecule has 1 aliphatic rings. The summed E-state index contributed by atoms with van der Waals surface area (Å²) in [5.41, 5.74) is 2.91. The third-order valence-electron chi connectivity index (χ3n) is 6.40. The average Bonchev–Trinajstić information content (AvgIpc) is 3.25. The van der Waals surface area contributed by atoms with Crippen LogP contribution in [0.2, 0.25) is 0 Å². The second kappa shape index (κ2) is 10.5. The van der Waals surface area contributed by atoms with E-state index in [4.69, 9.17) is 5.26 Å². The summed E-state index contributed by atoms with van der Waals surface area (Å²) in [6.07, 6.45) is 7.95. The van der Waals surface area contributed by atoms with Gasteiger partial charge in [-0.05, 0) is 81.2 Å². The second-order valence-electron chi connectivity index (χ2n) is 8.86. The molecule has 1 aromatic carbocycles. The molecule has 3 heterocycles. The number of rotatable bonds is 7. The summed E-state index contributed by atoms with van der Waals surface area (Å²) in [5.74, 6) is 0.331. The van der Waals surface area contributed by atoms with Crippen LogP contribution in [0, 0.1) is 18.3 Å². The Morgan fingerprint density at radius 2 is 1.97 bits per heavy atom. The molecule has 1 N–H and O–H groups in total. The Kier molecular flexibility index (Phi) is 7.24. The molecule has 8 nitrogen and oxygen atoms in total. The lowest BCUT2D eigenvalue weighted by molar-refractivity contribution is 0.0786. The Morgan fingerprint density at radius 1 is 1.18 bits per heavy atom. The first-order chi connectivity index (χ1) is 16.5. The van der Waals surface area contributed by atoms with Crippen molar-refractivity contribution in [1.29, 1.82) is 5.26 Å². The number of hydrogen-bond donors (Lipinski definition) is 1. The molecule has 3 aromatic rings. The van der Waals surface area contributed by atoms with E-state index in [1.54, 1.807) is 41.4 Å². The smallest absolute Gasteiger partial charge is 0.280 e. The number of nitrogens with one attached hydrogen (secondary N) is 1. The molecular formula is C26H30N6O2. The molecule has 2 aromatic heterocycles. The minimum Gasteiger partial charge on any atom is -0.342 e. The van der Waals surface area contributed by atoms with Gasteiger partial charge in [-0.1, -0.05) is 12.5 Å². The summed E-state index contributed by atoms with van der Waals surface area (Å²) in [6, 6.07) is 10.7. The number of H-pyrrole nitrogens is 1. The van der Waals surface area contributed by atoms with Gasteiger partial charge in [0.1, 0.15) is 0 Å². The normalized spacial score (nSPS) is 14.0. The molecule has 0 unspecified atom stereocenters. The zero-order valence-electron chi connectivity index (χ0n) is 19.8. The Hall–Kier alpha value is -3.70. The van der Waals surface area contributed by atoms with Gasteiger partial charge in [0.2, 0.25) is 0 Å². The minimum atomic E-state index is -0.241. The van der Waals surface area contributed by atoms with E-state index < -0.39 is 0 Å². The predicted octanol–water partition coefficient (Wildman–Crippen LogP) is 3.36. The molecule has 176 valence electrons. The van der Waals surface area contributed by atoms with Crippen molar-refractivity contribution in [3.8, 4) is 23.0 Å². The zero-order valence-corrected chi connectivity index (χ0v) is 19.8. The number of carbonyl (C=O) groups is 1.